The second-order valence-corrected chi connectivity index (χ2v) is 5.17. The smallest absolute Gasteiger partial charge is 0.408 e. The highest BCUT2D eigenvalue weighted by Crippen LogP contribution is 2.16. The van der Waals surface area contributed by atoms with Gasteiger partial charge in [0.2, 0.25) is 0 Å². The lowest BCUT2D eigenvalue weighted by molar-refractivity contribution is 0.0349. The number of aliphatic hydroxyl groups is 2. The van der Waals surface area contributed by atoms with Crippen molar-refractivity contribution < 1.29 is 19.7 Å². The minimum absolute atomic E-state index is 0.407. The maximum Gasteiger partial charge on any atom is 0.408 e. The average molecular weight is 268 g/mol. The van der Waals surface area contributed by atoms with Crippen LogP contribution in [0.5, 0.6) is 0 Å². The molecule has 0 fully saturated rings. The molecule has 6 heteroatoms. The zero-order valence-corrected chi connectivity index (χ0v) is 11.3. The fourth-order valence-electron chi connectivity index (χ4n) is 1.47. The Morgan fingerprint density at radius 2 is 2.21 bits per heavy atom. The van der Waals surface area contributed by atoms with Crippen molar-refractivity contribution in [1.82, 2.24) is 10.3 Å². The Balaban J connectivity index is 2.66. The lowest BCUT2D eigenvalue weighted by Gasteiger charge is -2.25. The number of pyridine rings is 1. The topological polar surface area (TPSA) is 91.7 Å². The Kier molecular flexibility index (Phi) is 5.26. The number of rotatable bonds is 4. The minimum atomic E-state index is -1.05. The lowest BCUT2D eigenvalue weighted by atomic mass is 10.1. The van der Waals surface area contributed by atoms with Crippen LogP contribution in [-0.4, -0.2) is 39.5 Å². The van der Waals surface area contributed by atoms with Crippen LogP contribution in [0, 0.1) is 0 Å². The van der Waals surface area contributed by atoms with Crippen molar-refractivity contribution in [3.8, 4) is 0 Å². The predicted octanol–water partition coefficient (Wildman–Crippen LogP) is 1.00. The molecule has 0 saturated heterocycles. The van der Waals surface area contributed by atoms with E-state index in [0.717, 1.165) is 0 Å². The van der Waals surface area contributed by atoms with Crippen LogP contribution in [0.1, 0.15) is 32.4 Å². The van der Waals surface area contributed by atoms with E-state index in [4.69, 9.17) is 4.74 Å². The average Bonchev–Trinajstić information content (AvgIpc) is 2.34. The van der Waals surface area contributed by atoms with Crippen molar-refractivity contribution in [2.75, 3.05) is 6.61 Å². The summed E-state index contributed by atoms with van der Waals surface area (Å²) in [5, 5.41) is 21.7. The van der Waals surface area contributed by atoms with Crippen LogP contribution in [0.4, 0.5) is 4.79 Å². The molecule has 0 spiro atoms. The molecular weight excluding hydrogens is 248 g/mol. The van der Waals surface area contributed by atoms with Crippen LogP contribution in [-0.2, 0) is 4.74 Å². The van der Waals surface area contributed by atoms with Gasteiger partial charge in [0.1, 0.15) is 11.7 Å². The second-order valence-electron chi connectivity index (χ2n) is 5.17. The number of carbonyl (C=O) groups is 1. The van der Waals surface area contributed by atoms with Gasteiger partial charge in [-0.3, -0.25) is 4.98 Å². The highest BCUT2D eigenvalue weighted by Gasteiger charge is 2.25. The number of amides is 1. The maximum absolute atomic E-state index is 11.6. The summed E-state index contributed by atoms with van der Waals surface area (Å²) < 4.78 is 5.07. The van der Waals surface area contributed by atoms with E-state index in [1.54, 1.807) is 39.1 Å². The SMILES string of the molecule is CC(C)(C)OC(=O)N[C@H](CO)[C@H](O)c1cccnc1. The Labute approximate surface area is 112 Å². The van der Waals surface area contributed by atoms with Crippen molar-refractivity contribution in [2.45, 2.75) is 38.5 Å². The summed E-state index contributed by atoms with van der Waals surface area (Å²) in [6.45, 7) is 4.80. The third-order valence-corrected chi connectivity index (χ3v) is 2.31. The summed E-state index contributed by atoms with van der Waals surface area (Å²) >= 11 is 0. The van der Waals surface area contributed by atoms with E-state index in [0.29, 0.717) is 5.56 Å². The predicted molar refractivity (Wildman–Crippen MR) is 69.4 cm³/mol. The number of hydrogen-bond donors (Lipinski definition) is 3. The van der Waals surface area contributed by atoms with Gasteiger partial charge in [-0.15, -0.1) is 0 Å². The summed E-state index contributed by atoms with van der Waals surface area (Å²) in [4.78, 5) is 15.5. The molecule has 0 unspecified atom stereocenters. The molecule has 6 nitrogen and oxygen atoms in total. The largest absolute Gasteiger partial charge is 0.444 e. The molecule has 0 aromatic carbocycles. The Morgan fingerprint density at radius 1 is 1.53 bits per heavy atom. The molecule has 0 radical (unpaired) electrons. The number of hydrogen-bond acceptors (Lipinski definition) is 5. The number of alkyl carbamates (subject to hydrolysis) is 1. The van der Waals surface area contributed by atoms with Crippen LogP contribution in [0.3, 0.4) is 0 Å². The van der Waals surface area contributed by atoms with Gasteiger partial charge < -0.3 is 20.3 Å². The van der Waals surface area contributed by atoms with Gasteiger partial charge in [0.05, 0.1) is 12.6 Å². The fraction of sp³-hybridized carbons (Fsp3) is 0.538. The molecule has 0 saturated carbocycles. The Hall–Kier alpha value is -1.66. The zero-order valence-electron chi connectivity index (χ0n) is 11.3. The first-order chi connectivity index (χ1) is 8.83. The quantitative estimate of drug-likeness (QED) is 0.757. The molecule has 1 aromatic rings. The van der Waals surface area contributed by atoms with E-state index in [1.165, 1.54) is 6.20 Å². The fourth-order valence-corrected chi connectivity index (χ4v) is 1.47. The Morgan fingerprint density at radius 3 is 2.68 bits per heavy atom. The van der Waals surface area contributed by atoms with Crippen LogP contribution in [0.2, 0.25) is 0 Å². The van der Waals surface area contributed by atoms with Crippen molar-refractivity contribution in [3.63, 3.8) is 0 Å². The van der Waals surface area contributed by atoms with Gasteiger partial charge in [-0.05, 0) is 26.8 Å². The van der Waals surface area contributed by atoms with Gasteiger partial charge in [-0.25, -0.2) is 4.79 Å². The monoisotopic (exact) mass is 268 g/mol. The molecule has 1 aromatic heterocycles. The number of aliphatic hydroxyl groups excluding tert-OH is 2. The third-order valence-electron chi connectivity index (χ3n) is 2.31. The molecule has 106 valence electrons. The summed E-state index contributed by atoms with van der Waals surface area (Å²) in [5.41, 5.74) is -0.124. The maximum atomic E-state index is 11.6. The van der Waals surface area contributed by atoms with Crippen molar-refractivity contribution >= 4 is 6.09 Å². The van der Waals surface area contributed by atoms with Crippen molar-refractivity contribution in [3.05, 3.63) is 30.1 Å². The van der Waals surface area contributed by atoms with Gasteiger partial charge in [-0.2, -0.15) is 0 Å². The first-order valence-corrected chi connectivity index (χ1v) is 6.02. The molecule has 0 aliphatic carbocycles. The van der Waals surface area contributed by atoms with Gasteiger partial charge in [0, 0.05) is 18.0 Å². The van der Waals surface area contributed by atoms with Crippen LogP contribution < -0.4 is 5.32 Å². The highest BCUT2D eigenvalue weighted by molar-refractivity contribution is 5.68. The molecule has 3 N–H and O–H groups in total. The van der Waals surface area contributed by atoms with Crippen molar-refractivity contribution in [2.24, 2.45) is 0 Å². The summed E-state index contributed by atoms with van der Waals surface area (Å²) in [7, 11) is 0. The van der Waals surface area contributed by atoms with Gasteiger partial charge in [0.15, 0.2) is 0 Å². The summed E-state index contributed by atoms with van der Waals surface area (Å²) in [6.07, 6.45) is 1.32. The van der Waals surface area contributed by atoms with Crippen LogP contribution in [0.15, 0.2) is 24.5 Å². The number of carbonyl (C=O) groups excluding carboxylic acids is 1. The van der Waals surface area contributed by atoms with E-state index < -0.39 is 30.4 Å². The van der Waals surface area contributed by atoms with Gasteiger partial charge in [0.25, 0.3) is 0 Å². The van der Waals surface area contributed by atoms with E-state index in [2.05, 4.69) is 10.3 Å². The van der Waals surface area contributed by atoms with E-state index in [-0.39, 0.29) is 0 Å². The molecular formula is C13H20N2O4. The van der Waals surface area contributed by atoms with Gasteiger partial charge in [-0.1, -0.05) is 6.07 Å². The molecule has 19 heavy (non-hydrogen) atoms. The Bertz CT molecular complexity index is 403. The highest BCUT2D eigenvalue weighted by atomic mass is 16.6. The second kappa shape index (κ2) is 6.49. The van der Waals surface area contributed by atoms with Gasteiger partial charge >= 0.3 is 6.09 Å². The van der Waals surface area contributed by atoms with Crippen LogP contribution >= 0.6 is 0 Å². The minimum Gasteiger partial charge on any atom is -0.444 e. The molecule has 0 aliphatic rings. The number of aromatic nitrogens is 1. The number of ether oxygens (including phenoxy) is 1. The van der Waals surface area contributed by atoms with Crippen LogP contribution in [0.25, 0.3) is 0 Å². The normalized spacial score (nSPS) is 14.6. The van der Waals surface area contributed by atoms with E-state index in [9.17, 15) is 15.0 Å². The van der Waals surface area contributed by atoms with E-state index in [1.807, 2.05) is 0 Å². The van der Waals surface area contributed by atoms with Crippen molar-refractivity contribution in [1.29, 1.82) is 0 Å². The molecule has 1 heterocycles. The summed E-state index contributed by atoms with van der Waals surface area (Å²) in [6, 6.07) is 2.48. The molecule has 1 rings (SSSR count). The first kappa shape index (κ1) is 15.4. The molecule has 2 atom stereocenters. The zero-order chi connectivity index (χ0) is 14.5. The lowest BCUT2D eigenvalue weighted by Crippen LogP contribution is -2.44. The molecule has 0 aliphatic heterocycles. The standard InChI is InChI=1S/C13H20N2O4/c1-13(2,3)19-12(18)15-10(8-16)11(17)9-5-4-6-14-7-9/h4-7,10-11,16-17H,8H2,1-3H3,(H,15,18)/t10-,11-/m1/s1. The molecule has 0 bridgehead atoms. The summed E-state index contributed by atoms with van der Waals surface area (Å²) in [5.74, 6) is 0. The number of nitrogens with one attached hydrogen (secondary N) is 1. The number of nitrogens with zero attached hydrogens (tertiary/aromatic N) is 1. The first-order valence-electron chi connectivity index (χ1n) is 6.02. The molecule has 1 amide bonds. The third kappa shape index (κ3) is 5.23. The van der Waals surface area contributed by atoms with E-state index >= 15 is 0 Å².